The van der Waals surface area contributed by atoms with Gasteiger partial charge in [0.1, 0.15) is 0 Å². The molecule has 0 aromatic rings. The summed E-state index contributed by atoms with van der Waals surface area (Å²) in [5.41, 5.74) is 2.70. The van der Waals surface area contributed by atoms with E-state index in [2.05, 4.69) is 49.3 Å². The van der Waals surface area contributed by atoms with E-state index in [4.69, 9.17) is 0 Å². The Bertz CT molecular complexity index is 273. The summed E-state index contributed by atoms with van der Waals surface area (Å²) >= 11 is 1.30. The van der Waals surface area contributed by atoms with E-state index in [0.717, 1.165) is 6.42 Å². The first-order valence-corrected chi connectivity index (χ1v) is 6.80. The molecule has 0 saturated heterocycles. The molecule has 0 spiro atoms. The van der Waals surface area contributed by atoms with Crippen molar-refractivity contribution in [3.05, 3.63) is 47.6 Å². The number of allylic oxidation sites excluding steroid dienone is 8. The van der Waals surface area contributed by atoms with Crippen LogP contribution in [0.25, 0.3) is 0 Å². The third-order valence-corrected chi connectivity index (χ3v) is 2.12. The van der Waals surface area contributed by atoms with E-state index < -0.39 is 0 Å². The van der Waals surface area contributed by atoms with Gasteiger partial charge in [0, 0.05) is 0 Å². The molecule has 2 aliphatic carbocycles. The molecule has 94 valence electrons. The first-order valence-electron chi connectivity index (χ1n) is 5.06. The second kappa shape index (κ2) is 14.4. The first kappa shape index (κ1) is 22.5. The van der Waals surface area contributed by atoms with Gasteiger partial charge < -0.3 is 0 Å². The second-order valence-electron chi connectivity index (χ2n) is 3.41. The summed E-state index contributed by atoms with van der Waals surface area (Å²) in [6.07, 6.45) is 15.5. The van der Waals surface area contributed by atoms with Crippen molar-refractivity contribution in [1.82, 2.24) is 0 Å². The van der Waals surface area contributed by atoms with Gasteiger partial charge in [-0.25, -0.2) is 23.3 Å². The van der Waals surface area contributed by atoms with Crippen molar-refractivity contribution < 1.29 is 24.2 Å². The molecule has 0 heterocycles. The first-order chi connectivity index (χ1) is 7.20. The number of halogens is 2. The normalized spacial score (nSPS) is 18.5. The Morgan fingerprint density at radius 3 is 2.00 bits per heavy atom. The van der Waals surface area contributed by atoms with E-state index in [9.17, 15) is 0 Å². The van der Waals surface area contributed by atoms with Crippen LogP contribution in [0.4, 0.5) is 0 Å². The molecule has 2 aliphatic rings. The van der Waals surface area contributed by atoms with Gasteiger partial charge in [-0.3, -0.25) is 12.2 Å². The Balaban J connectivity index is -0.000000192. The van der Waals surface area contributed by atoms with Gasteiger partial charge in [0.15, 0.2) is 0 Å². The summed E-state index contributed by atoms with van der Waals surface area (Å²) in [6, 6.07) is 0. The number of hydrogen-bond donors (Lipinski definition) is 0. The van der Waals surface area contributed by atoms with E-state index in [1.54, 1.807) is 0 Å². The molecule has 0 aromatic carbocycles. The van der Waals surface area contributed by atoms with Crippen molar-refractivity contribution in [2.75, 3.05) is 0 Å². The summed E-state index contributed by atoms with van der Waals surface area (Å²) in [5.74, 6) is 0.551. The van der Waals surface area contributed by atoms with Gasteiger partial charge >= 0.3 is 28.4 Å². The summed E-state index contributed by atoms with van der Waals surface area (Å²) in [5, 5.41) is 0. The molecule has 1 atom stereocenters. The average Bonchev–Trinajstić information content (AvgIpc) is 2.85. The van der Waals surface area contributed by atoms with Crippen LogP contribution in [0.1, 0.15) is 27.2 Å². The predicted molar refractivity (Wildman–Crippen MR) is 78.5 cm³/mol. The maximum absolute atomic E-state index is 3.34. The van der Waals surface area contributed by atoms with Crippen molar-refractivity contribution in [1.29, 1.82) is 0 Å². The Morgan fingerprint density at radius 1 is 1.29 bits per heavy atom. The topological polar surface area (TPSA) is 0 Å². The van der Waals surface area contributed by atoms with E-state index in [1.807, 2.05) is 12.2 Å². The number of rotatable bonds is 0. The van der Waals surface area contributed by atoms with Gasteiger partial charge in [-0.1, -0.05) is 19.8 Å². The van der Waals surface area contributed by atoms with E-state index >= 15 is 0 Å². The molecule has 0 N–H and O–H groups in total. The van der Waals surface area contributed by atoms with Gasteiger partial charge in [0.25, 0.3) is 0 Å². The summed E-state index contributed by atoms with van der Waals surface area (Å²) in [4.78, 5) is 0. The van der Waals surface area contributed by atoms with Crippen LogP contribution in [0.15, 0.2) is 35.5 Å². The van der Waals surface area contributed by atoms with Crippen molar-refractivity contribution in [2.24, 2.45) is 5.92 Å². The van der Waals surface area contributed by atoms with Crippen LogP contribution in [0.2, 0.25) is 0 Å². The fourth-order valence-electron chi connectivity index (χ4n) is 1.34. The van der Waals surface area contributed by atoms with Gasteiger partial charge in [-0.2, -0.15) is 12.2 Å². The second-order valence-corrected chi connectivity index (χ2v) is 3.41. The van der Waals surface area contributed by atoms with Crippen molar-refractivity contribution in [3.63, 3.8) is 0 Å². The zero-order valence-electron chi connectivity index (χ0n) is 10.6. The van der Waals surface area contributed by atoms with Gasteiger partial charge in [-0.15, -0.1) is 38.2 Å². The van der Waals surface area contributed by atoms with Crippen LogP contribution in [-0.2, 0) is 24.2 Å². The zero-order chi connectivity index (χ0) is 11.7. The van der Waals surface area contributed by atoms with Gasteiger partial charge in [-0.05, 0) is 0 Å². The maximum atomic E-state index is 3.34. The third-order valence-electron chi connectivity index (χ3n) is 2.12. The van der Waals surface area contributed by atoms with Crippen LogP contribution in [0.3, 0.4) is 0 Å². The summed E-state index contributed by atoms with van der Waals surface area (Å²) < 4.78 is 3.34. The fraction of sp³-hybridized carbons (Fsp3) is 0.357. The summed E-state index contributed by atoms with van der Waals surface area (Å²) in [7, 11) is 0. The summed E-state index contributed by atoms with van der Waals surface area (Å²) in [6.45, 7) is 6.39. The molecule has 1 unspecified atom stereocenters. The quantitative estimate of drug-likeness (QED) is 0.567. The molecule has 0 aliphatic heterocycles. The van der Waals surface area contributed by atoms with E-state index in [-0.39, 0.29) is 24.8 Å². The Labute approximate surface area is 133 Å². The molecule has 2 rings (SSSR count). The minimum absolute atomic E-state index is 0. The van der Waals surface area contributed by atoms with Crippen LogP contribution in [-0.4, -0.2) is 4.21 Å². The van der Waals surface area contributed by atoms with Crippen LogP contribution >= 0.6 is 24.8 Å². The number of hydrogen-bond acceptors (Lipinski definition) is 0. The molecule has 0 amide bonds. The molecule has 0 bridgehead atoms. The standard InChI is InChI=1S/C8H11.C5H5.CH2.2ClH.Zr/c1-6-4-7(2)8(3)5-6;1-2-4-5-3-1;;;;/h4,6H,1-3H3;1-3H,4H2;1H2;2*1H;/q2*-1;;;;+2. The monoisotopic (exact) mass is 348 g/mol. The molecule has 0 nitrogen and oxygen atoms in total. The molecule has 0 saturated carbocycles. The van der Waals surface area contributed by atoms with Crippen molar-refractivity contribution in [3.8, 4) is 0 Å². The van der Waals surface area contributed by atoms with Crippen molar-refractivity contribution in [2.45, 2.75) is 27.2 Å². The van der Waals surface area contributed by atoms with Crippen molar-refractivity contribution >= 4 is 29.0 Å². The molecule has 0 aromatic heterocycles. The van der Waals surface area contributed by atoms with Crippen LogP contribution < -0.4 is 0 Å². The Hall–Kier alpha value is 0.293. The Morgan fingerprint density at radius 2 is 1.88 bits per heavy atom. The van der Waals surface area contributed by atoms with E-state index in [0.29, 0.717) is 5.92 Å². The fourth-order valence-corrected chi connectivity index (χ4v) is 1.34. The predicted octanol–water partition coefficient (Wildman–Crippen LogP) is 4.45. The zero-order valence-corrected chi connectivity index (χ0v) is 14.7. The van der Waals surface area contributed by atoms with Gasteiger partial charge in [0.05, 0.1) is 0 Å². The molecule has 3 heteroatoms. The molecule has 0 radical (unpaired) electrons. The third kappa shape index (κ3) is 11.1. The van der Waals surface area contributed by atoms with E-state index in [1.165, 1.54) is 35.4 Å². The van der Waals surface area contributed by atoms with Crippen LogP contribution in [0, 0.1) is 18.1 Å². The SMILES string of the molecule is CC1=[C-]C(C)C=C1C.Cl.Cl.[C-]1=CC=CC1.[CH2]=[Zr+2]. The van der Waals surface area contributed by atoms with Crippen LogP contribution in [0.5, 0.6) is 0 Å². The Kier molecular flexibility index (Phi) is 19.0. The average molecular weight is 350 g/mol. The molecular weight excluding hydrogens is 330 g/mol. The molecule has 0 fully saturated rings. The molecular formula is C14H20Cl2Zr. The molecule has 17 heavy (non-hydrogen) atoms. The minimum atomic E-state index is 0. The van der Waals surface area contributed by atoms with Gasteiger partial charge in [0.2, 0.25) is 0 Å².